The first-order valence-corrected chi connectivity index (χ1v) is 8.43. The number of methoxy groups -OCH3 is 1. The Bertz CT molecular complexity index is 690. The maximum absolute atomic E-state index is 5.99. The predicted molar refractivity (Wildman–Crippen MR) is 92.7 cm³/mol. The minimum atomic E-state index is 0.506. The largest absolute Gasteiger partial charge is 0.481 e. The average Bonchev–Trinajstić information content (AvgIpc) is 2.88. The molecule has 3 rings (SSSR count). The van der Waals surface area contributed by atoms with E-state index in [-0.39, 0.29) is 0 Å². The highest BCUT2D eigenvalue weighted by molar-refractivity contribution is 5.44. The third-order valence-electron chi connectivity index (χ3n) is 4.76. The van der Waals surface area contributed by atoms with Crippen molar-refractivity contribution in [2.75, 3.05) is 25.9 Å². The first kappa shape index (κ1) is 16.7. The van der Waals surface area contributed by atoms with Crippen LogP contribution in [0.1, 0.15) is 29.8 Å². The van der Waals surface area contributed by atoms with Gasteiger partial charge in [-0.05, 0) is 51.8 Å². The van der Waals surface area contributed by atoms with Gasteiger partial charge in [0.2, 0.25) is 5.88 Å². The van der Waals surface area contributed by atoms with Crippen LogP contribution in [-0.2, 0) is 13.1 Å². The standard InChI is InChI=1S/C17H26N6O/c1-12-8-13(2)23(21-12)9-14-4-6-22(7-5-14)10-15-16(18)19-11-20-17(15)24-3/h8,11,14H,4-7,9-10H2,1-3H3,(H2,18,19,20). The van der Waals surface area contributed by atoms with Gasteiger partial charge in [-0.15, -0.1) is 0 Å². The first-order valence-electron chi connectivity index (χ1n) is 8.43. The molecular weight excluding hydrogens is 304 g/mol. The van der Waals surface area contributed by atoms with E-state index in [0.717, 1.165) is 50.3 Å². The van der Waals surface area contributed by atoms with E-state index in [1.54, 1.807) is 7.11 Å². The maximum Gasteiger partial charge on any atom is 0.222 e. The molecule has 0 aromatic carbocycles. The van der Waals surface area contributed by atoms with Gasteiger partial charge in [-0.25, -0.2) is 9.97 Å². The van der Waals surface area contributed by atoms with Gasteiger partial charge in [0.05, 0.1) is 18.4 Å². The molecule has 1 fully saturated rings. The summed E-state index contributed by atoms with van der Waals surface area (Å²) in [6, 6.07) is 2.14. The highest BCUT2D eigenvalue weighted by Crippen LogP contribution is 2.25. The number of aryl methyl sites for hydroxylation is 2. The number of nitrogens with zero attached hydrogens (tertiary/aromatic N) is 5. The van der Waals surface area contributed by atoms with E-state index in [1.165, 1.54) is 12.0 Å². The molecular formula is C17H26N6O. The van der Waals surface area contributed by atoms with E-state index >= 15 is 0 Å². The zero-order valence-electron chi connectivity index (χ0n) is 14.7. The van der Waals surface area contributed by atoms with Gasteiger partial charge in [0, 0.05) is 18.8 Å². The highest BCUT2D eigenvalue weighted by atomic mass is 16.5. The minimum absolute atomic E-state index is 0.506. The molecule has 0 radical (unpaired) electrons. The summed E-state index contributed by atoms with van der Waals surface area (Å²) in [6.45, 7) is 8.00. The lowest BCUT2D eigenvalue weighted by molar-refractivity contribution is 0.162. The molecule has 130 valence electrons. The Labute approximate surface area is 142 Å². The Kier molecular flexibility index (Phi) is 4.99. The Balaban J connectivity index is 1.57. The van der Waals surface area contributed by atoms with Crippen molar-refractivity contribution in [3.8, 4) is 5.88 Å². The topological polar surface area (TPSA) is 82.1 Å². The second kappa shape index (κ2) is 7.17. The molecule has 0 atom stereocenters. The highest BCUT2D eigenvalue weighted by Gasteiger charge is 2.22. The fourth-order valence-corrected chi connectivity index (χ4v) is 3.39. The molecule has 0 bridgehead atoms. The third kappa shape index (κ3) is 3.67. The Morgan fingerprint density at radius 1 is 1.25 bits per heavy atom. The molecule has 3 heterocycles. The summed E-state index contributed by atoms with van der Waals surface area (Å²) in [7, 11) is 1.62. The number of nitrogen functional groups attached to an aromatic ring is 1. The SMILES string of the molecule is COc1ncnc(N)c1CN1CCC(Cn2nc(C)cc2C)CC1. The van der Waals surface area contributed by atoms with Gasteiger partial charge in [-0.2, -0.15) is 5.10 Å². The summed E-state index contributed by atoms with van der Waals surface area (Å²) in [5, 5.41) is 4.58. The van der Waals surface area contributed by atoms with E-state index in [2.05, 4.69) is 37.6 Å². The molecule has 0 amide bonds. The lowest BCUT2D eigenvalue weighted by atomic mass is 9.96. The van der Waals surface area contributed by atoms with E-state index in [0.29, 0.717) is 17.6 Å². The summed E-state index contributed by atoms with van der Waals surface area (Å²) in [5.41, 5.74) is 9.22. The molecule has 0 saturated carbocycles. The Hall–Kier alpha value is -2.15. The molecule has 0 spiro atoms. The van der Waals surface area contributed by atoms with Gasteiger partial charge in [-0.1, -0.05) is 0 Å². The van der Waals surface area contributed by atoms with Crippen LogP contribution >= 0.6 is 0 Å². The van der Waals surface area contributed by atoms with Crippen molar-refractivity contribution in [1.29, 1.82) is 0 Å². The van der Waals surface area contributed by atoms with Gasteiger partial charge < -0.3 is 10.5 Å². The molecule has 1 saturated heterocycles. The van der Waals surface area contributed by atoms with Gasteiger partial charge >= 0.3 is 0 Å². The second-order valence-corrected chi connectivity index (χ2v) is 6.58. The van der Waals surface area contributed by atoms with Crippen molar-refractivity contribution >= 4 is 5.82 Å². The quantitative estimate of drug-likeness (QED) is 0.900. The summed E-state index contributed by atoms with van der Waals surface area (Å²) in [4.78, 5) is 10.6. The summed E-state index contributed by atoms with van der Waals surface area (Å²) < 4.78 is 7.45. The maximum atomic E-state index is 5.99. The van der Waals surface area contributed by atoms with Crippen LogP contribution in [0.4, 0.5) is 5.82 Å². The van der Waals surface area contributed by atoms with Crippen molar-refractivity contribution in [2.24, 2.45) is 5.92 Å². The Morgan fingerprint density at radius 2 is 2.00 bits per heavy atom. The van der Waals surface area contributed by atoms with Crippen LogP contribution in [0.2, 0.25) is 0 Å². The number of hydrogen-bond acceptors (Lipinski definition) is 6. The van der Waals surface area contributed by atoms with Crippen molar-refractivity contribution in [1.82, 2.24) is 24.6 Å². The molecule has 2 aromatic rings. The Morgan fingerprint density at radius 3 is 2.62 bits per heavy atom. The van der Waals surface area contributed by atoms with E-state index in [4.69, 9.17) is 10.5 Å². The summed E-state index contributed by atoms with van der Waals surface area (Å²) >= 11 is 0. The van der Waals surface area contributed by atoms with E-state index < -0.39 is 0 Å². The first-order chi connectivity index (χ1) is 11.6. The van der Waals surface area contributed by atoms with Crippen LogP contribution in [0.25, 0.3) is 0 Å². The number of likely N-dealkylation sites (tertiary alicyclic amines) is 1. The molecule has 1 aliphatic rings. The van der Waals surface area contributed by atoms with Crippen LogP contribution in [-0.4, -0.2) is 44.8 Å². The number of nitrogens with two attached hydrogens (primary N) is 1. The molecule has 24 heavy (non-hydrogen) atoms. The fourth-order valence-electron chi connectivity index (χ4n) is 3.39. The predicted octanol–water partition coefficient (Wildman–Crippen LogP) is 1.79. The number of piperidine rings is 1. The van der Waals surface area contributed by atoms with Crippen molar-refractivity contribution in [2.45, 2.75) is 39.8 Å². The van der Waals surface area contributed by atoms with Crippen LogP contribution in [0.15, 0.2) is 12.4 Å². The lowest BCUT2D eigenvalue weighted by Gasteiger charge is -2.32. The lowest BCUT2D eigenvalue weighted by Crippen LogP contribution is -2.35. The molecule has 7 nitrogen and oxygen atoms in total. The number of anilines is 1. The van der Waals surface area contributed by atoms with Gasteiger partial charge in [0.25, 0.3) is 0 Å². The molecule has 0 unspecified atom stereocenters. The normalized spacial score (nSPS) is 16.5. The molecule has 7 heteroatoms. The van der Waals surface area contributed by atoms with Crippen molar-refractivity contribution < 1.29 is 4.74 Å². The fraction of sp³-hybridized carbons (Fsp3) is 0.588. The summed E-state index contributed by atoms with van der Waals surface area (Å²) in [5.74, 6) is 1.75. The number of hydrogen-bond donors (Lipinski definition) is 1. The van der Waals surface area contributed by atoms with Gasteiger partial charge in [0.1, 0.15) is 12.1 Å². The van der Waals surface area contributed by atoms with Crippen LogP contribution in [0.5, 0.6) is 5.88 Å². The van der Waals surface area contributed by atoms with E-state index in [9.17, 15) is 0 Å². The number of aromatic nitrogens is 4. The number of rotatable bonds is 5. The minimum Gasteiger partial charge on any atom is -0.481 e. The molecule has 0 aliphatic carbocycles. The zero-order valence-corrected chi connectivity index (χ0v) is 14.7. The van der Waals surface area contributed by atoms with Crippen molar-refractivity contribution in [3.63, 3.8) is 0 Å². The summed E-state index contributed by atoms with van der Waals surface area (Å²) in [6.07, 6.45) is 3.76. The van der Waals surface area contributed by atoms with Crippen LogP contribution in [0, 0.1) is 19.8 Å². The van der Waals surface area contributed by atoms with Crippen LogP contribution in [0.3, 0.4) is 0 Å². The van der Waals surface area contributed by atoms with Crippen molar-refractivity contribution in [3.05, 3.63) is 29.3 Å². The smallest absolute Gasteiger partial charge is 0.222 e. The monoisotopic (exact) mass is 330 g/mol. The number of ether oxygens (including phenoxy) is 1. The zero-order chi connectivity index (χ0) is 17.1. The molecule has 2 aromatic heterocycles. The molecule has 1 aliphatic heterocycles. The average molecular weight is 330 g/mol. The van der Waals surface area contributed by atoms with Crippen LogP contribution < -0.4 is 10.5 Å². The molecule has 2 N–H and O–H groups in total. The van der Waals surface area contributed by atoms with Gasteiger partial charge in [0.15, 0.2) is 0 Å². The second-order valence-electron chi connectivity index (χ2n) is 6.58. The van der Waals surface area contributed by atoms with E-state index in [1.807, 2.05) is 6.92 Å². The van der Waals surface area contributed by atoms with Gasteiger partial charge in [-0.3, -0.25) is 9.58 Å². The third-order valence-corrected chi connectivity index (χ3v) is 4.76.